The van der Waals surface area contributed by atoms with Gasteiger partial charge in [0, 0.05) is 18.4 Å². The minimum absolute atomic E-state index is 0.248. The minimum atomic E-state index is -0.248. The van der Waals surface area contributed by atoms with Crippen molar-refractivity contribution in [3.05, 3.63) is 77.6 Å². The van der Waals surface area contributed by atoms with Gasteiger partial charge in [0.05, 0.1) is 43.3 Å². The molecule has 1 aromatic heterocycles. The highest BCUT2D eigenvalue weighted by Crippen LogP contribution is 2.27. The largest absolute Gasteiger partial charge is 0.493 e. The number of methoxy groups -OCH3 is 2. The van der Waals surface area contributed by atoms with Gasteiger partial charge in [0.1, 0.15) is 0 Å². The zero-order valence-electron chi connectivity index (χ0n) is 16.1. The molecule has 29 heavy (non-hydrogen) atoms. The van der Waals surface area contributed by atoms with Crippen molar-refractivity contribution in [2.24, 2.45) is 0 Å². The summed E-state index contributed by atoms with van der Waals surface area (Å²) in [6.07, 6.45) is 3.12. The van der Waals surface area contributed by atoms with Crippen molar-refractivity contribution in [2.45, 2.75) is 6.54 Å². The molecular weight excluding hydrogens is 368 g/mol. The number of benzene rings is 2. The van der Waals surface area contributed by atoms with Gasteiger partial charge in [-0.25, -0.2) is 0 Å². The Bertz CT molecular complexity index is 1060. The Labute approximate surface area is 168 Å². The van der Waals surface area contributed by atoms with E-state index in [0.717, 1.165) is 11.3 Å². The molecule has 0 saturated carbocycles. The van der Waals surface area contributed by atoms with E-state index in [0.29, 0.717) is 34.9 Å². The summed E-state index contributed by atoms with van der Waals surface area (Å²) in [6, 6.07) is 16.3. The van der Waals surface area contributed by atoms with Crippen molar-refractivity contribution in [1.29, 1.82) is 5.26 Å². The van der Waals surface area contributed by atoms with E-state index in [9.17, 15) is 4.79 Å². The zero-order chi connectivity index (χ0) is 20.6. The molecule has 7 nitrogen and oxygen atoms in total. The summed E-state index contributed by atoms with van der Waals surface area (Å²) in [5.74, 6) is 0.986. The van der Waals surface area contributed by atoms with Crippen LogP contribution in [-0.4, -0.2) is 25.1 Å². The van der Waals surface area contributed by atoms with Crippen LogP contribution in [0.1, 0.15) is 21.5 Å². The lowest BCUT2D eigenvalue weighted by Crippen LogP contribution is -2.23. The van der Waals surface area contributed by atoms with Crippen LogP contribution < -0.4 is 20.1 Å². The van der Waals surface area contributed by atoms with Crippen LogP contribution in [0.5, 0.6) is 11.5 Å². The van der Waals surface area contributed by atoms with E-state index < -0.39 is 0 Å². The first-order valence-electron chi connectivity index (χ1n) is 8.84. The smallest absolute Gasteiger partial charge is 0.253 e. The molecule has 0 saturated heterocycles. The number of carbonyl (C=O) groups is 1. The number of aromatic nitrogens is 1. The number of pyridine rings is 1. The van der Waals surface area contributed by atoms with Gasteiger partial charge in [-0.3, -0.25) is 9.78 Å². The van der Waals surface area contributed by atoms with E-state index >= 15 is 0 Å². The SMILES string of the molecule is COc1ccc(CNC(=O)c2cncc(Nc3cccc(C#N)c3)c2)cc1OC. The Hall–Kier alpha value is -4.05. The molecule has 0 atom stereocenters. The lowest BCUT2D eigenvalue weighted by Gasteiger charge is -2.11. The fraction of sp³-hybridized carbons (Fsp3) is 0.136. The molecule has 1 amide bonds. The van der Waals surface area contributed by atoms with Gasteiger partial charge < -0.3 is 20.1 Å². The molecule has 7 heteroatoms. The molecule has 0 spiro atoms. The third kappa shape index (κ3) is 5.02. The average Bonchev–Trinajstić information content (AvgIpc) is 2.77. The second-order valence-electron chi connectivity index (χ2n) is 6.15. The quantitative estimate of drug-likeness (QED) is 0.641. The maximum atomic E-state index is 12.5. The predicted octanol–water partition coefficient (Wildman–Crippen LogP) is 3.64. The summed E-state index contributed by atoms with van der Waals surface area (Å²) < 4.78 is 10.5. The number of anilines is 2. The van der Waals surface area contributed by atoms with E-state index in [1.165, 1.54) is 6.20 Å². The summed E-state index contributed by atoms with van der Waals surface area (Å²) in [4.78, 5) is 16.6. The standard InChI is InChI=1S/C22H20N4O3/c1-28-20-7-6-16(9-21(20)29-2)12-25-22(27)17-10-19(14-24-13-17)26-18-5-3-4-15(8-18)11-23/h3-10,13-14,26H,12H2,1-2H3,(H,25,27). The molecule has 3 rings (SSSR count). The molecule has 0 aliphatic heterocycles. The van der Waals surface area contributed by atoms with E-state index in [1.54, 1.807) is 50.7 Å². The van der Waals surface area contributed by atoms with E-state index in [-0.39, 0.29) is 5.91 Å². The molecule has 1 heterocycles. The number of nitriles is 1. The second-order valence-corrected chi connectivity index (χ2v) is 6.15. The number of nitrogens with one attached hydrogen (secondary N) is 2. The number of hydrogen-bond donors (Lipinski definition) is 2. The van der Waals surface area contributed by atoms with Crippen molar-refractivity contribution in [2.75, 3.05) is 19.5 Å². The number of carbonyl (C=O) groups excluding carboxylic acids is 1. The number of ether oxygens (including phenoxy) is 2. The third-order valence-corrected chi connectivity index (χ3v) is 4.18. The molecule has 2 aromatic carbocycles. The summed E-state index contributed by atoms with van der Waals surface area (Å²) in [5.41, 5.74) is 3.25. The summed E-state index contributed by atoms with van der Waals surface area (Å²) in [6.45, 7) is 0.334. The van der Waals surface area contributed by atoms with Gasteiger partial charge in [-0.15, -0.1) is 0 Å². The normalized spacial score (nSPS) is 9.97. The topological polar surface area (TPSA) is 96.3 Å². The molecule has 0 fully saturated rings. The van der Waals surface area contributed by atoms with Crippen molar-refractivity contribution >= 4 is 17.3 Å². The van der Waals surface area contributed by atoms with E-state index in [1.807, 2.05) is 18.2 Å². The van der Waals surface area contributed by atoms with Gasteiger partial charge in [0.25, 0.3) is 5.91 Å². The molecular formula is C22H20N4O3. The van der Waals surface area contributed by atoms with Crippen LogP contribution in [0.2, 0.25) is 0 Å². The fourth-order valence-electron chi connectivity index (χ4n) is 2.74. The number of nitrogens with zero attached hydrogens (tertiary/aromatic N) is 2. The van der Waals surface area contributed by atoms with Crippen LogP contribution in [-0.2, 0) is 6.54 Å². The van der Waals surface area contributed by atoms with Gasteiger partial charge in [0.15, 0.2) is 11.5 Å². The van der Waals surface area contributed by atoms with Gasteiger partial charge >= 0.3 is 0 Å². The second kappa shape index (κ2) is 9.24. The van der Waals surface area contributed by atoms with E-state index in [4.69, 9.17) is 14.7 Å². The predicted molar refractivity (Wildman–Crippen MR) is 109 cm³/mol. The third-order valence-electron chi connectivity index (χ3n) is 4.18. The Morgan fingerprint density at radius 3 is 2.62 bits per heavy atom. The summed E-state index contributed by atoms with van der Waals surface area (Å²) in [7, 11) is 3.14. The first-order valence-corrected chi connectivity index (χ1v) is 8.84. The van der Waals surface area contributed by atoms with Crippen molar-refractivity contribution in [3.63, 3.8) is 0 Å². The zero-order valence-corrected chi connectivity index (χ0v) is 16.1. The fourth-order valence-corrected chi connectivity index (χ4v) is 2.74. The molecule has 0 bridgehead atoms. The molecule has 0 aliphatic carbocycles. The Kier molecular flexibility index (Phi) is 6.28. The molecule has 3 aromatic rings. The Morgan fingerprint density at radius 2 is 1.86 bits per heavy atom. The highest BCUT2D eigenvalue weighted by Gasteiger charge is 2.09. The van der Waals surface area contributed by atoms with Crippen LogP contribution in [0.4, 0.5) is 11.4 Å². The monoisotopic (exact) mass is 388 g/mol. The van der Waals surface area contributed by atoms with Crippen molar-refractivity contribution in [3.8, 4) is 17.6 Å². The number of hydrogen-bond acceptors (Lipinski definition) is 6. The van der Waals surface area contributed by atoms with E-state index in [2.05, 4.69) is 21.7 Å². The van der Waals surface area contributed by atoms with Gasteiger partial charge in [-0.05, 0) is 42.0 Å². The first kappa shape index (κ1) is 19.7. The van der Waals surface area contributed by atoms with Gasteiger partial charge in [0.2, 0.25) is 0 Å². The molecule has 0 aliphatic rings. The van der Waals surface area contributed by atoms with Crippen LogP contribution >= 0.6 is 0 Å². The Morgan fingerprint density at radius 1 is 1.03 bits per heavy atom. The average molecular weight is 388 g/mol. The van der Waals surface area contributed by atoms with Gasteiger partial charge in [-0.1, -0.05) is 12.1 Å². The number of amides is 1. The molecule has 146 valence electrons. The maximum Gasteiger partial charge on any atom is 0.253 e. The first-order chi connectivity index (χ1) is 14.1. The minimum Gasteiger partial charge on any atom is -0.493 e. The number of rotatable bonds is 7. The summed E-state index contributed by atoms with van der Waals surface area (Å²) in [5, 5.41) is 15.0. The van der Waals surface area contributed by atoms with Crippen LogP contribution in [0.25, 0.3) is 0 Å². The molecule has 0 unspecified atom stereocenters. The highest BCUT2D eigenvalue weighted by molar-refractivity contribution is 5.94. The molecule has 0 radical (unpaired) electrons. The van der Waals surface area contributed by atoms with Crippen molar-refractivity contribution in [1.82, 2.24) is 10.3 Å². The maximum absolute atomic E-state index is 12.5. The Balaban J connectivity index is 1.67. The lowest BCUT2D eigenvalue weighted by molar-refractivity contribution is 0.0950. The summed E-state index contributed by atoms with van der Waals surface area (Å²) >= 11 is 0. The van der Waals surface area contributed by atoms with Crippen LogP contribution in [0.15, 0.2) is 60.9 Å². The van der Waals surface area contributed by atoms with Gasteiger partial charge in [-0.2, -0.15) is 5.26 Å². The van der Waals surface area contributed by atoms with Crippen molar-refractivity contribution < 1.29 is 14.3 Å². The van der Waals surface area contributed by atoms with Crippen LogP contribution in [0.3, 0.4) is 0 Å². The van der Waals surface area contributed by atoms with Crippen LogP contribution in [0, 0.1) is 11.3 Å². The highest BCUT2D eigenvalue weighted by atomic mass is 16.5. The lowest BCUT2D eigenvalue weighted by atomic mass is 10.2. The molecule has 2 N–H and O–H groups in total.